The number of piperidine rings is 1. The van der Waals surface area contributed by atoms with Crippen LogP contribution in [0.25, 0.3) is 11.0 Å². The number of nitrogens with one attached hydrogen (secondary N) is 1. The number of ether oxygens (including phenoxy) is 2. The summed E-state index contributed by atoms with van der Waals surface area (Å²) in [5.74, 6) is -1.59. The smallest absolute Gasteiger partial charge is 0.345 e. The summed E-state index contributed by atoms with van der Waals surface area (Å²) in [5, 5.41) is 3.62. The number of imide groups is 1. The Hall–Kier alpha value is -2.83. The number of carbonyl (C=O) groups is 3. The van der Waals surface area contributed by atoms with Gasteiger partial charge >= 0.3 is 11.7 Å². The van der Waals surface area contributed by atoms with Crippen molar-refractivity contribution in [2.75, 3.05) is 25.2 Å². The Labute approximate surface area is 252 Å². The van der Waals surface area contributed by atoms with Crippen molar-refractivity contribution in [1.82, 2.24) is 14.0 Å². The summed E-state index contributed by atoms with van der Waals surface area (Å²) in [6.07, 6.45) is 0.285. The number of esters is 1. The van der Waals surface area contributed by atoms with Crippen LogP contribution in [0.2, 0.25) is 40.8 Å². The predicted molar refractivity (Wildman–Crippen MR) is 160 cm³/mol. The highest BCUT2D eigenvalue weighted by molar-refractivity contribution is 6.76. The summed E-state index contributed by atoms with van der Waals surface area (Å²) in [6, 6.07) is 5.95. The largest absolute Gasteiger partial charge is 0.420 e. The molecule has 41 heavy (non-hydrogen) atoms. The molecule has 2 amide bonds. The molecular formula is C27H29Cl3N4O6Si. The van der Waals surface area contributed by atoms with Crippen molar-refractivity contribution < 1.29 is 23.9 Å². The number of likely N-dealkylation sites (tertiary alicyclic amines) is 1. The van der Waals surface area contributed by atoms with Crippen LogP contribution in [-0.2, 0) is 20.9 Å². The van der Waals surface area contributed by atoms with Crippen LogP contribution >= 0.6 is 34.8 Å². The van der Waals surface area contributed by atoms with E-state index < -0.39 is 31.7 Å². The van der Waals surface area contributed by atoms with Crippen LogP contribution in [0.1, 0.15) is 29.2 Å². The van der Waals surface area contributed by atoms with Crippen LogP contribution in [0.5, 0.6) is 5.75 Å². The van der Waals surface area contributed by atoms with Gasteiger partial charge in [-0.15, -0.1) is 0 Å². The van der Waals surface area contributed by atoms with Gasteiger partial charge in [0.15, 0.2) is 5.75 Å². The third-order valence-corrected chi connectivity index (χ3v) is 9.63. The molecule has 1 unspecified atom stereocenters. The Morgan fingerprint density at radius 1 is 1.10 bits per heavy atom. The van der Waals surface area contributed by atoms with Crippen LogP contribution in [-0.4, -0.2) is 59.8 Å². The lowest BCUT2D eigenvalue weighted by Gasteiger charge is -2.31. The fourth-order valence-corrected chi connectivity index (χ4v) is 6.68. The molecule has 3 aromatic rings. The van der Waals surface area contributed by atoms with Crippen molar-refractivity contribution in [2.24, 2.45) is 0 Å². The van der Waals surface area contributed by atoms with Crippen LogP contribution < -0.4 is 15.7 Å². The number of hydrogen-bond donors (Lipinski definition) is 1. The van der Waals surface area contributed by atoms with E-state index in [2.05, 4.69) is 25.0 Å². The minimum Gasteiger partial charge on any atom is -0.420 e. The first-order valence-electron chi connectivity index (χ1n) is 13.2. The van der Waals surface area contributed by atoms with Gasteiger partial charge in [-0.2, -0.15) is 0 Å². The molecule has 2 aliphatic rings. The number of carbonyl (C=O) groups excluding carboxylic acids is 3. The van der Waals surface area contributed by atoms with Crippen LogP contribution in [0.3, 0.4) is 0 Å². The molecule has 1 saturated heterocycles. The maximum absolute atomic E-state index is 13.7. The number of nitrogens with zero attached hydrogens (tertiary/aromatic N) is 3. The van der Waals surface area contributed by atoms with E-state index in [1.807, 2.05) is 0 Å². The normalized spacial score (nSPS) is 17.2. The van der Waals surface area contributed by atoms with Crippen molar-refractivity contribution in [3.8, 4) is 5.75 Å². The number of halogens is 3. The Morgan fingerprint density at radius 2 is 1.80 bits per heavy atom. The molecule has 2 aromatic carbocycles. The van der Waals surface area contributed by atoms with Crippen molar-refractivity contribution in [3.05, 3.63) is 55.4 Å². The minimum atomic E-state index is -1.34. The third-order valence-electron chi connectivity index (χ3n) is 7.15. The zero-order valence-corrected chi connectivity index (χ0v) is 26.0. The number of amides is 2. The van der Waals surface area contributed by atoms with E-state index in [0.29, 0.717) is 41.4 Å². The van der Waals surface area contributed by atoms with Crippen molar-refractivity contribution in [3.63, 3.8) is 0 Å². The maximum atomic E-state index is 13.7. The SMILES string of the molecule is C[Si](C)(C)CCOCN1C(=O)CCC(n2c(=O)n3c4c(c(C(=O)Oc5c(Cl)cc(Cl)cc5Cl)ccc42)NCC3)C1=O. The van der Waals surface area contributed by atoms with Gasteiger partial charge in [0.05, 0.1) is 32.3 Å². The fourth-order valence-electron chi connectivity index (χ4n) is 5.03. The lowest BCUT2D eigenvalue weighted by molar-refractivity contribution is -0.157. The van der Waals surface area contributed by atoms with Crippen LogP contribution in [0, 0.1) is 0 Å². The van der Waals surface area contributed by atoms with E-state index in [0.717, 1.165) is 10.9 Å². The Bertz CT molecular complexity index is 1610. The van der Waals surface area contributed by atoms with Gasteiger partial charge in [-0.3, -0.25) is 23.6 Å². The van der Waals surface area contributed by atoms with Crippen molar-refractivity contribution >= 4 is 77.4 Å². The van der Waals surface area contributed by atoms with Crippen LogP contribution in [0.15, 0.2) is 29.1 Å². The maximum Gasteiger partial charge on any atom is 0.345 e. The summed E-state index contributed by atoms with van der Waals surface area (Å²) in [5.41, 5.74) is 1.08. The van der Waals surface area contributed by atoms with Gasteiger partial charge in [0.1, 0.15) is 12.8 Å². The third kappa shape index (κ3) is 5.78. The number of benzene rings is 2. The topological polar surface area (TPSA) is 112 Å². The Balaban J connectivity index is 1.47. The highest BCUT2D eigenvalue weighted by Gasteiger charge is 2.39. The Kier molecular flexibility index (Phi) is 8.28. The molecule has 0 radical (unpaired) electrons. The van der Waals surface area contributed by atoms with E-state index in [1.54, 1.807) is 6.07 Å². The zero-order chi connectivity index (χ0) is 29.6. The molecule has 1 atom stereocenters. The predicted octanol–water partition coefficient (Wildman–Crippen LogP) is 5.41. The second-order valence-electron chi connectivity index (χ2n) is 11.2. The van der Waals surface area contributed by atoms with E-state index in [9.17, 15) is 19.2 Å². The minimum absolute atomic E-state index is 0.0366. The summed E-state index contributed by atoms with van der Waals surface area (Å²) in [7, 11) is -1.34. The molecule has 218 valence electrons. The van der Waals surface area contributed by atoms with E-state index in [4.69, 9.17) is 44.3 Å². The van der Waals surface area contributed by atoms with Gasteiger partial charge in [0.2, 0.25) is 5.91 Å². The summed E-state index contributed by atoms with van der Waals surface area (Å²) >= 11 is 18.4. The second kappa shape index (κ2) is 11.4. The van der Waals surface area contributed by atoms with Gasteiger partial charge in [0.25, 0.3) is 5.91 Å². The lowest BCUT2D eigenvalue weighted by atomic mass is 10.0. The van der Waals surface area contributed by atoms with E-state index in [-0.39, 0.29) is 46.8 Å². The molecule has 0 aliphatic carbocycles. The molecule has 0 saturated carbocycles. The average Bonchev–Trinajstić information content (AvgIpc) is 3.18. The van der Waals surface area contributed by atoms with Gasteiger partial charge in [-0.05, 0) is 36.7 Å². The van der Waals surface area contributed by atoms with Gasteiger partial charge in [0, 0.05) is 39.2 Å². The Morgan fingerprint density at radius 3 is 2.49 bits per heavy atom. The second-order valence-corrected chi connectivity index (χ2v) is 18.1. The molecule has 0 spiro atoms. The molecule has 1 aromatic heterocycles. The van der Waals surface area contributed by atoms with E-state index >= 15 is 0 Å². The average molecular weight is 640 g/mol. The quantitative estimate of drug-likeness (QED) is 0.115. The number of aromatic nitrogens is 2. The number of hydrogen-bond acceptors (Lipinski definition) is 7. The highest BCUT2D eigenvalue weighted by Crippen LogP contribution is 2.38. The highest BCUT2D eigenvalue weighted by atomic mass is 35.5. The van der Waals surface area contributed by atoms with Gasteiger partial charge in [-0.1, -0.05) is 54.4 Å². The monoisotopic (exact) mass is 638 g/mol. The molecule has 1 N–H and O–H groups in total. The molecule has 2 aliphatic heterocycles. The molecule has 3 heterocycles. The van der Waals surface area contributed by atoms with Gasteiger partial charge < -0.3 is 14.8 Å². The fraction of sp³-hybridized carbons (Fsp3) is 0.407. The number of rotatable bonds is 8. The van der Waals surface area contributed by atoms with E-state index in [1.165, 1.54) is 27.3 Å². The lowest BCUT2D eigenvalue weighted by Crippen LogP contribution is -2.48. The number of anilines is 1. The summed E-state index contributed by atoms with van der Waals surface area (Å²) in [4.78, 5) is 54.2. The first kappa shape index (κ1) is 29.7. The summed E-state index contributed by atoms with van der Waals surface area (Å²) < 4.78 is 14.2. The van der Waals surface area contributed by atoms with Crippen molar-refractivity contribution in [1.29, 1.82) is 0 Å². The van der Waals surface area contributed by atoms with Crippen LogP contribution in [0.4, 0.5) is 5.69 Å². The standard InChI is InChI=1S/C27H29Cl3N4O6Si/c1-41(2,3)11-10-39-14-33-21(35)7-6-20(25(33)36)34-19-5-4-16(22-23(19)32(27(34)38)9-8-31-22)26(37)40-24-17(29)12-15(28)13-18(24)30/h4-5,12-13,20,31H,6-11,14H2,1-3H3. The van der Waals surface area contributed by atoms with Crippen molar-refractivity contribution in [2.45, 2.75) is 51.1 Å². The molecule has 10 nitrogen and oxygen atoms in total. The molecule has 0 bridgehead atoms. The summed E-state index contributed by atoms with van der Waals surface area (Å²) in [6.45, 7) is 7.65. The first-order valence-corrected chi connectivity index (χ1v) is 18.0. The molecule has 5 rings (SSSR count). The molecule has 1 fully saturated rings. The molecule has 14 heteroatoms. The molecular weight excluding hydrogens is 611 g/mol. The number of imidazole rings is 1. The van der Waals surface area contributed by atoms with Gasteiger partial charge in [-0.25, -0.2) is 9.59 Å². The zero-order valence-electron chi connectivity index (χ0n) is 22.8. The first-order chi connectivity index (χ1) is 19.4.